The van der Waals surface area contributed by atoms with E-state index in [0.29, 0.717) is 12.3 Å². The molecule has 0 saturated carbocycles. The molecule has 5 heteroatoms. The molecule has 0 bridgehead atoms. The molecular weight excluding hydrogens is 172 g/mol. The average Bonchev–Trinajstić information content (AvgIpc) is 1.97. The van der Waals surface area contributed by atoms with Gasteiger partial charge >= 0.3 is 11.9 Å². The minimum Gasteiger partial charge on any atom is -0.479 e. The van der Waals surface area contributed by atoms with Gasteiger partial charge in [0.05, 0.1) is 0 Å². The van der Waals surface area contributed by atoms with Crippen LogP contribution in [-0.4, -0.2) is 29.5 Å². The molecule has 0 radical (unpaired) electrons. The molecule has 0 aromatic carbocycles. The predicted molar refractivity (Wildman–Crippen MR) is 38.5 cm³/mol. The summed E-state index contributed by atoms with van der Waals surface area (Å²) < 4.78 is 4.31. The van der Waals surface area contributed by atoms with E-state index in [1.54, 1.807) is 0 Å². The van der Waals surface area contributed by atoms with Gasteiger partial charge in [-0.15, -0.1) is 11.6 Å². The molecule has 0 atom stereocenters. The molecule has 0 rings (SSSR count). The summed E-state index contributed by atoms with van der Waals surface area (Å²) in [6.07, 6.45) is 0.691. The van der Waals surface area contributed by atoms with Gasteiger partial charge in [-0.25, -0.2) is 4.79 Å². The molecular formula is C6H9ClO4. The van der Waals surface area contributed by atoms with Gasteiger partial charge in [0.15, 0.2) is 6.61 Å². The third-order valence-electron chi connectivity index (χ3n) is 0.871. The van der Waals surface area contributed by atoms with Crippen LogP contribution in [0.5, 0.6) is 0 Å². The van der Waals surface area contributed by atoms with Crippen molar-refractivity contribution in [1.82, 2.24) is 0 Å². The Bertz CT molecular complexity index is 146. The first kappa shape index (κ1) is 10.2. The van der Waals surface area contributed by atoms with Crippen LogP contribution in [0.15, 0.2) is 0 Å². The van der Waals surface area contributed by atoms with Crippen LogP contribution >= 0.6 is 11.6 Å². The van der Waals surface area contributed by atoms with Gasteiger partial charge in [-0.3, -0.25) is 4.79 Å². The van der Waals surface area contributed by atoms with Crippen molar-refractivity contribution in [3.63, 3.8) is 0 Å². The fourth-order valence-electron chi connectivity index (χ4n) is 0.426. The Morgan fingerprint density at radius 2 is 2.09 bits per heavy atom. The van der Waals surface area contributed by atoms with Crippen LogP contribution in [-0.2, 0) is 14.3 Å². The maximum absolute atomic E-state index is 10.6. The number of aliphatic carboxylic acids is 1. The standard InChI is InChI=1S/C6H9ClO4/c7-3-1-2-6(10)11-4-5(8)9/h1-4H2,(H,8,9). The fourth-order valence-corrected chi connectivity index (χ4v) is 0.559. The molecule has 0 fully saturated rings. The highest BCUT2D eigenvalue weighted by atomic mass is 35.5. The second-order valence-electron chi connectivity index (χ2n) is 1.85. The SMILES string of the molecule is O=C(O)COC(=O)CCCCl. The van der Waals surface area contributed by atoms with Crippen LogP contribution in [0.25, 0.3) is 0 Å². The Balaban J connectivity index is 3.30. The van der Waals surface area contributed by atoms with Crippen LogP contribution in [0.2, 0.25) is 0 Å². The van der Waals surface area contributed by atoms with Crippen LogP contribution in [0, 0.1) is 0 Å². The van der Waals surface area contributed by atoms with Gasteiger partial charge in [-0.1, -0.05) is 0 Å². The van der Waals surface area contributed by atoms with Gasteiger partial charge in [0, 0.05) is 12.3 Å². The molecule has 0 unspecified atom stereocenters. The molecule has 0 aliphatic carbocycles. The van der Waals surface area contributed by atoms with Crippen LogP contribution in [0.1, 0.15) is 12.8 Å². The number of carbonyl (C=O) groups is 2. The van der Waals surface area contributed by atoms with Crippen molar-refractivity contribution in [3.8, 4) is 0 Å². The number of carboxylic acid groups (broad SMARTS) is 1. The number of hydrogen-bond donors (Lipinski definition) is 1. The first-order chi connectivity index (χ1) is 5.16. The molecule has 0 aliphatic rings. The summed E-state index contributed by atoms with van der Waals surface area (Å²) in [5.74, 6) is -1.29. The van der Waals surface area contributed by atoms with Gasteiger partial charge in [0.2, 0.25) is 0 Å². The quantitative estimate of drug-likeness (QED) is 0.498. The molecule has 0 spiro atoms. The Morgan fingerprint density at radius 1 is 1.45 bits per heavy atom. The van der Waals surface area contributed by atoms with Crippen molar-refractivity contribution in [2.24, 2.45) is 0 Å². The lowest BCUT2D eigenvalue weighted by Crippen LogP contribution is -2.12. The zero-order valence-corrected chi connectivity index (χ0v) is 6.63. The highest BCUT2D eigenvalue weighted by Crippen LogP contribution is 1.94. The third-order valence-corrected chi connectivity index (χ3v) is 1.14. The number of ether oxygens (including phenoxy) is 1. The van der Waals surface area contributed by atoms with E-state index in [9.17, 15) is 9.59 Å². The lowest BCUT2D eigenvalue weighted by atomic mass is 10.3. The summed E-state index contributed by atoms with van der Waals surface area (Å²) in [7, 11) is 0. The second-order valence-corrected chi connectivity index (χ2v) is 2.22. The molecule has 1 N–H and O–H groups in total. The van der Waals surface area contributed by atoms with Crippen molar-refractivity contribution in [2.75, 3.05) is 12.5 Å². The van der Waals surface area contributed by atoms with Crippen molar-refractivity contribution in [1.29, 1.82) is 0 Å². The van der Waals surface area contributed by atoms with E-state index < -0.39 is 18.5 Å². The molecule has 11 heavy (non-hydrogen) atoms. The molecule has 0 aromatic heterocycles. The first-order valence-electron chi connectivity index (χ1n) is 3.10. The van der Waals surface area contributed by atoms with Gasteiger partial charge in [-0.05, 0) is 6.42 Å². The van der Waals surface area contributed by atoms with Crippen LogP contribution < -0.4 is 0 Å². The summed E-state index contributed by atoms with van der Waals surface area (Å²) in [5, 5.41) is 8.08. The Kier molecular flexibility index (Phi) is 5.56. The Morgan fingerprint density at radius 3 is 2.55 bits per heavy atom. The molecule has 64 valence electrons. The summed E-state index contributed by atoms with van der Waals surface area (Å²) in [6, 6.07) is 0. The van der Waals surface area contributed by atoms with E-state index in [0.717, 1.165) is 0 Å². The van der Waals surface area contributed by atoms with E-state index in [1.807, 2.05) is 0 Å². The zero-order chi connectivity index (χ0) is 8.69. The number of rotatable bonds is 5. The predicted octanol–water partition coefficient (Wildman–Crippen LogP) is 0.633. The summed E-state index contributed by atoms with van der Waals surface area (Å²) in [4.78, 5) is 20.4. The van der Waals surface area contributed by atoms with Gasteiger partial charge in [-0.2, -0.15) is 0 Å². The minimum atomic E-state index is -1.15. The van der Waals surface area contributed by atoms with Gasteiger partial charge in [0.1, 0.15) is 0 Å². The van der Waals surface area contributed by atoms with Crippen molar-refractivity contribution in [2.45, 2.75) is 12.8 Å². The molecule has 0 aliphatic heterocycles. The number of halogens is 1. The third kappa shape index (κ3) is 7.12. The lowest BCUT2D eigenvalue weighted by Gasteiger charge is -1.98. The molecule has 0 amide bonds. The topological polar surface area (TPSA) is 63.6 Å². The monoisotopic (exact) mass is 180 g/mol. The van der Waals surface area contributed by atoms with Crippen LogP contribution in [0.4, 0.5) is 0 Å². The summed E-state index contributed by atoms with van der Waals surface area (Å²) in [5.41, 5.74) is 0. The summed E-state index contributed by atoms with van der Waals surface area (Å²) >= 11 is 5.28. The summed E-state index contributed by atoms with van der Waals surface area (Å²) in [6.45, 7) is -0.568. The number of carboxylic acids is 1. The normalized spacial score (nSPS) is 9.18. The molecule has 0 aromatic rings. The fraction of sp³-hybridized carbons (Fsp3) is 0.667. The van der Waals surface area contributed by atoms with Gasteiger partial charge < -0.3 is 9.84 Å². The Labute approximate surface area is 69.1 Å². The second kappa shape index (κ2) is 5.97. The van der Waals surface area contributed by atoms with Crippen LogP contribution in [0.3, 0.4) is 0 Å². The highest BCUT2D eigenvalue weighted by molar-refractivity contribution is 6.17. The number of alkyl halides is 1. The maximum atomic E-state index is 10.6. The molecule has 0 heterocycles. The number of hydrogen-bond acceptors (Lipinski definition) is 3. The van der Waals surface area contributed by atoms with E-state index in [2.05, 4.69) is 4.74 Å². The van der Waals surface area contributed by atoms with E-state index >= 15 is 0 Å². The Hall–Kier alpha value is -0.770. The molecule has 4 nitrogen and oxygen atoms in total. The smallest absolute Gasteiger partial charge is 0.341 e. The van der Waals surface area contributed by atoms with Crippen molar-refractivity contribution >= 4 is 23.5 Å². The minimum absolute atomic E-state index is 0.177. The average molecular weight is 181 g/mol. The maximum Gasteiger partial charge on any atom is 0.341 e. The number of carbonyl (C=O) groups excluding carboxylic acids is 1. The van der Waals surface area contributed by atoms with Gasteiger partial charge in [0.25, 0.3) is 0 Å². The number of esters is 1. The molecule has 0 saturated heterocycles. The largest absolute Gasteiger partial charge is 0.479 e. The lowest BCUT2D eigenvalue weighted by molar-refractivity contribution is -0.155. The van der Waals surface area contributed by atoms with Crippen molar-refractivity contribution in [3.05, 3.63) is 0 Å². The zero-order valence-electron chi connectivity index (χ0n) is 5.88. The van der Waals surface area contributed by atoms with E-state index in [4.69, 9.17) is 16.7 Å². The first-order valence-corrected chi connectivity index (χ1v) is 3.63. The van der Waals surface area contributed by atoms with E-state index in [-0.39, 0.29) is 6.42 Å². The van der Waals surface area contributed by atoms with Crippen molar-refractivity contribution < 1.29 is 19.4 Å². The highest BCUT2D eigenvalue weighted by Gasteiger charge is 2.04. The van der Waals surface area contributed by atoms with E-state index in [1.165, 1.54) is 0 Å².